The molecule has 2 atom stereocenters. The van der Waals surface area contributed by atoms with Gasteiger partial charge >= 0.3 is 0 Å². The zero-order valence-corrected chi connectivity index (χ0v) is 13.7. The number of aliphatic hydroxyl groups is 1. The number of nitrogens with one attached hydrogen (secondary N) is 1. The Balaban J connectivity index is 1.55. The standard InChI is InChI=1S/C18H21NO3S/c20-16-8-4-5-13(16)11-19-18(21)17-14(9-10-22-17)12-23-15-6-2-1-3-7-15/h1-3,6-7,9-10,13,16,20H,4-5,8,11-12H2,(H,19,21). The van der Waals surface area contributed by atoms with Gasteiger partial charge in [-0.25, -0.2) is 0 Å². The van der Waals surface area contributed by atoms with Gasteiger partial charge in [-0.1, -0.05) is 24.6 Å². The summed E-state index contributed by atoms with van der Waals surface area (Å²) in [4.78, 5) is 13.5. The van der Waals surface area contributed by atoms with Gasteiger partial charge < -0.3 is 14.8 Å². The van der Waals surface area contributed by atoms with E-state index in [0.29, 0.717) is 18.1 Å². The smallest absolute Gasteiger partial charge is 0.287 e. The Morgan fingerprint density at radius 1 is 1.26 bits per heavy atom. The highest BCUT2D eigenvalue weighted by Gasteiger charge is 2.26. The van der Waals surface area contributed by atoms with E-state index in [1.165, 1.54) is 0 Å². The van der Waals surface area contributed by atoms with Crippen LogP contribution in [0.4, 0.5) is 0 Å². The topological polar surface area (TPSA) is 62.5 Å². The van der Waals surface area contributed by atoms with Crippen molar-refractivity contribution in [2.24, 2.45) is 5.92 Å². The molecule has 1 saturated carbocycles. The van der Waals surface area contributed by atoms with Crippen molar-refractivity contribution in [2.75, 3.05) is 6.54 Å². The zero-order valence-electron chi connectivity index (χ0n) is 12.9. The zero-order chi connectivity index (χ0) is 16.1. The van der Waals surface area contributed by atoms with Crippen LogP contribution < -0.4 is 5.32 Å². The molecule has 2 N–H and O–H groups in total. The molecule has 23 heavy (non-hydrogen) atoms. The summed E-state index contributed by atoms with van der Waals surface area (Å²) in [5.74, 6) is 1.03. The molecule has 0 radical (unpaired) electrons. The van der Waals surface area contributed by atoms with Crippen molar-refractivity contribution in [3.05, 3.63) is 54.0 Å². The van der Waals surface area contributed by atoms with Gasteiger partial charge in [0.2, 0.25) is 0 Å². The molecule has 1 amide bonds. The fourth-order valence-electron chi connectivity index (χ4n) is 2.89. The van der Waals surface area contributed by atoms with E-state index in [1.807, 2.05) is 36.4 Å². The Bertz CT molecular complexity index is 641. The number of aliphatic hydroxyl groups excluding tert-OH is 1. The maximum Gasteiger partial charge on any atom is 0.287 e. The molecule has 0 spiro atoms. The average molecular weight is 331 g/mol. The van der Waals surface area contributed by atoms with E-state index in [2.05, 4.69) is 5.32 Å². The number of furan rings is 1. The summed E-state index contributed by atoms with van der Waals surface area (Å²) in [6.07, 6.45) is 4.10. The largest absolute Gasteiger partial charge is 0.459 e. The number of hydrogen-bond acceptors (Lipinski definition) is 4. The molecule has 0 bridgehead atoms. The summed E-state index contributed by atoms with van der Waals surface area (Å²) < 4.78 is 5.37. The van der Waals surface area contributed by atoms with Crippen molar-refractivity contribution in [3.63, 3.8) is 0 Å². The minimum Gasteiger partial charge on any atom is -0.459 e. The average Bonchev–Trinajstić information content (AvgIpc) is 3.20. The van der Waals surface area contributed by atoms with Crippen LogP contribution in [0.1, 0.15) is 35.4 Å². The number of carbonyl (C=O) groups excluding carboxylic acids is 1. The molecule has 122 valence electrons. The van der Waals surface area contributed by atoms with Crippen LogP contribution in [0.3, 0.4) is 0 Å². The Kier molecular flexibility index (Phi) is 5.41. The van der Waals surface area contributed by atoms with Gasteiger partial charge in [0.15, 0.2) is 5.76 Å². The second-order valence-corrected chi connectivity index (χ2v) is 6.89. The number of benzene rings is 1. The second-order valence-electron chi connectivity index (χ2n) is 5.85. The third-order valence-electron chi connectivity index (χ3n) is 4.23. The Morgan fingerprint density at radius 3 is 2.83 bits per heavy atom. The molecule has 1 heterocycles. The normalized spacial score (nSPS) is 20.6. The van der Waals surface area contributed by atoms with Crippen LogP contribution in [-0.4, -0.2) is 23.7 Å². The van der Waals surface area contributed by atoms with Gasteiger partial charge in [-0.2, -0.15) is 0 Å². The van der Waals surface area contributed by atoms with Crippen molar-refractivity contribution in [1.82, 2.24) is 5.32 Å². The fourth-order valence-corrected chi connectivity index (χ4v) is 3.78. The third-order valence-corrected chi connectivity index (χ3v) is 5.30. The predicted octanol–water partition coefficient (Wildman–Crippen LogP) is 3.46. The second kappa shape index (κ2) is 7.70. The SMILES string of the molecule is O=C(NCC1CCCC1O)c1occc1CSc1ccccc1. The lowest BCUT2D eigenvalue weighted by Gasteiger charge is -2.14. The van der Waals surface area contributed by atoms with Crippen molar-refractivity contribution in [2.45, 2.75) is 36.0 Å². The van der Waals surface area contributed by atoms with Gasteiger partial charge in [0.1, 0.15) is 0 Å². The number of carbonyl (C=O) groups is 1. The molecule has 4 nitrogen and oxygen atoms in total. The summed E-state index contributed by atoms with van der Waals surface area (Å²) in [6, 6.07) is 11.9. The molecule has 0 aliphatic heterocycles. The molecular formula is C18H21NO3S. The molecule has 1 aliphatic rings. The van der Waals surface area contributed by atoms with Crippen molar-refractivity contribution < 1.29 is 14.3 Å². The van der Waals surface area contributed by atoms with E-state index in [4.69, 9.17) is 4.42 Å². The summed E-state index contributed by atoms with van der Waals surface area (Å²) in [5.41, 5.74) is 0.892. The highest BCUT2D eigenvalue weighted by molar-refractivity contribution is 7.98. The van der Waals surface area contributed by atoms with E-state index >= 15 is 0 Å². The molecule has 1 aromatic heterocycles. The number of rotatable bonds is 6. The maximum atomic E-state index is 12.3. The van der Waals surface area contributed by atoms with E-state index in [-0.39, 0.29) is 17.9 Å². The first-order valence-corrected chi connectivity index (χ1v) is 8.93. The molecule has 1 aromatic carbocycles. The molecular weight excluding hydrogens is 310 g/mol. The highest BCUT2D eigenvalue weighted by atomic mass is 32.2. The van der Waals surface area contributed by atoms with Crippen LogP contribution in [0.15, 0.2) is 52.0 Å². The number of amides is 1. The van der Waals surface area contributed by atoms with Crippen molar-refractivity contribution >= 4 is 17.7 Å². The molecule has 1 aliphatic carbocycles. The minimum atomic E-state index is -0.292. The monoisotopic (exact) mass is 331 g/mol. The van der Waals surface area contributed by atoms with E-state index in [1.54, 1.807) is 18.0 Å². The molecule has 2 aromatic rings. The van der Waals surface area contributed by atoms with Crippen molar-refractivity contribution in [3.8, 4) is 0 Å². The lowest BCUT2D eigenvalue weighted by atomic mass is 10.1. The van der Waals surface area contributed by atoms with Crippen LogP contribution in [-0.2, 0) is 5.75 Å². The quantitative estimate of drug-likeness (QED) is 0.796. The summed E-state index contributed by atoms with van der Waals surface area (Å²) in [5, 5.41) is 12.7. The van der Waals surface area contributed by atoms with Gasteiger partial charge in [0.25, 0.3) is 5.91 Å². The molecule has 0 saturated heterocycles. The van der Waals surface area contributed by atoms with Crippen LogP contribution in [0, 0.1) is 5.92 Å². The van der Waals surface area contributed by atoms with Gasteiger partial charge in [-0.3, -0.25) is 4.79 Å². The lowest BCUT2D eigenvalue weighted by Crippen LogP contribution is -2.32. The Labute approximate surface area is 140 Å². The maximum absolute atomic E-state index is 12.3. The first-order valence-electron chi connectivity index (χ1n) is 7.94. The summed E-state index contributed by atoms with van der Waals surface area (Å²) >= 11 is 1.67. The van der Waals surface area contributed by atoms with E-state index in [9.17, 15) is 9.90 Å². The summed E-state index contributed by atoms with van der Waals surface area (Å²) in [7, 11) is 0. The number of thioether (sulfide) groups is 1. The first kappa shape index (κ1) is 16.1. The lowest BCUT2D eigenvalue weighted by molar-refractivity contribution is 0.0889. The van der Waals surface area contributed by atoms with E-state index < -0.39 is 0 Å². The Hall–Kier alpha value is -1.72. The van der Waals surface area contributed by atoms with E-state index in [0.717, 1.165) is 29.7 Å². The van der Waals surface area contributed by atoms with Crippen LogP contribution in [0.2, 0.25) is 0 Å². The van der Waals surface area contributed by atoms with Crippen LogP contribution >= 0.6 is 11.8 Å². The Morgan fingerprint density at radius 2 is 2.09 bits per heavy atom. The van der Waals surface area contributed by atoms with Crippen LogP contribution in [0.5, 0.6) is 0 Å². The highest BCUT2D eigenvalue weighted by Crippen LogP contribution is 2.26. The molecule has 1 fully saturated rings. The molecule has 3 rings (SSSR count). The summed E-state index contributed by atoms with van der Waals surface area (Å²) in [6.45, 7) is 0.506. The fraction of sp³-hybridized carbons (Fsp3) is 0.389. The van der Waals surface area contributed by atoms with Gasteiger partial charge in [0, 0.05) is 28.7 Å². The van der Waals surface area contributed by atoms with Gasteiger partial charge in [-0.05, 0) is 31.0 Å². The number of hydrogen-bond donors (Lipinski definition) is 2. The first-order chi connectivity index (χ1) is 11.2. The minimum absolute atomic E-state index is 0.163. The van der Waals surface area contributed by atoms with Crippen LogP contribution in [0.25, 0.3) is 0 Å². The third kappa shape index (κ3) is 4.18. The molecule has 2 unspecified atom stereocenters. The van der Waals surface area contributed by atoms with Gasteiger partial charge in [-0.15, -0.1) is 11.8 Å². The predicted molar refractivity (Wildman–Crippen MR) is 90.4 cm³/mol. The van der Waals surface area contributed by atoms with Gasteiger partial charge in [0.05, 0.1) is 12.4 Å². The van der Waals surface area contributed by atoms with Crippen molar-refractivity contribution in [1.29, 1.82) is 0 Å². The molecule has 5 heteroatoms.